The molecule has 6 aromatic heterocycles. The van der Waals surface area contributed by atoms with Crippen LogP contribution in [0.15, 0.2) is 164 Å². The molecule has 0 aliphatic rings. The van der Waals surface area contributed by atoms with E-state index in [-0.39, 0.29) is 0 Å². The molecule has 5 heteroatoms. The normalized spacial score (nSPS) is 12.7. The standard InChI is InChI=1S/C50H27N5/c1-2-11-29(12-3-1)53-40-21-7-4-13-30(40)31-24-23-28(27-43(31)53)46-50(52-39-20-6-5-19-38(39)51-46)54-41-22-10-14-32-33-15-8-16-34-35-17-9-18-36-37-25-26-42(54)45(44(32)41)49(37)55(47(33)34)48(35)36/h1-27H. The van der Waals surface area contributed by atoms with Gasteiger partial charge in [0.25, 0.3) is 0 Å². The van der Waals surface area contributed by atoms with Gasteiger partial charge in [-0.1, -0.05) is 115 Å². The Bertz CT molecular complexity index is 3880. The summed E-state index contributed by atoms with van der Waals surface area (Å²) in [6.45, 7) is 0. The molecule has 14 rings (SSSR count). The third-order valence-corrected chi connectivity index (χ3v) is 12.3. The van der Waals surface area contributed by atoms with Crippen LogP contribution in [0.4, 0.5) is 0 Å². The van der Waals surface area contributed by atoms with E-state index in [1.165, 1.54) is 75.9 Å². The molecule has 5 nitrogen and oxygen atoms in total. The fourth-order valence-electron chi connectivity index (χ4n) is 10.1. The summed E-state index contributed by atoms with van der Waals surface area (Å²) in [5.74, 6) is 0.824. The maximum atomic E-state index is 5.53. The summed E-state index contributed by atoms with van der Waals surface area (Å²) in [5.41, 5.74) is 13.2. The van der Waals surface area contributed by atoms with Crippen molar-refractivity contribution >= 4 is 104 Å². The second-order valence-electron chi connectivity index (χ2n) is 14.9. The molecule has 0 spiro atoms. The molecule has 0 N–H and O–H groups in total. The summed E-state index contributed by atoms with van der Waals surface area (Å²) >= 11 is 0. The Kier molecular flexibility index (Phi) is 4.96. The van der Waals surface area contributed by atoms with Crippen LogP contribution in [0.2, 0.25) is 0 Å². The van der Waals surface area contributed by atoms with Crippen LogP contribution < -0.4 is 0 Å². The van der Waals surface area contributed by atoms with E-state index >= 15 is 0 Å². The van der Waals surface area contributed by atoms with Crippen LogP contribution in [-0.4, -0.2) is 23.5 Å². The molecular formula is C50H27N5. The topological polar surface area (TPSA) is 40.0 Å². The molecule has 0 amide bonds. The Morgan fingerprint density at radius 2 is 0.909 bits per heavy atom. The van der Waals surface area contributed by atoms with E-state index in [0.29, 0.717) is 0 Å². The van der Waals surface area contributed by atoms with Crippen LogP contribution in [0.3, 0.4) is 0 Å². The summed E-state index contributed by atoms with van der Waals surface area (Å²) < 4.78 is 7.31. The summed E-state index contributed by atoms with van der Waals surface area (Å²) in [4.78, 5) is 11.0. The third-order valence-electron chi connectivity index (χ3n) is 12.3. The zero-order chi connectivity index (χ0) is 35.5. The molecule has 0 fully saturated rings. The van der Waals surface area contributed by atoms with Crippen molar-refractivity contribution in [1.82, 2.24) is 23.5 Å². The lowest BCUT2D eigenvalue weighted by molar-refractivity contribution is 1.08. The Labute approximate surface area is 312 Å². The molecule has 0 bridgehead atoms. The molecule has 14 aromatic rings. The van der Waals surface area contributed by atoms with E-state index in [9.17, 15) is 0 Å². The van der Waals surface area contributed by atoms with Crippen molar-refractivity contribution in [3.8, 4) is 22.8 Å². The Hall–Kier alpha value is -7.50. The fraction of sp³-hybridized carbons (Fsp3) is 0. The van der Waals surface area contributed by atoms with Gasteiger partial charge in [0.05, 0.1) is 49.7 Å². The average Bonchev–Trinajstić information content (AvgIpc) is 3.95. The molecular weight excluding hydrogens is 671 g/mol. The predicted octanol–water partition coefficient (Wildman–Crippen LogP) is 12.7. The Morgan fingerprint density at radius 1 is 0.345 bits per heavy atom. The van der Waals surface area contributed by atoms with Gasteiger partial charge in [0.2, 0.25) is 0 Å². The highest BCUT2D eigenvalue weighted by Gasteiger charge is 2.28. The van der Waals surface area contributed by atoms with Crippen molar-refractivity contribution in [2.24, 2.45) is 0 Å². The first kappa shape index (κ1) is 28.1. The molecule has 55 heavy (non-hydrogen) atoms. The second kappa shape index (κ2) is 9.72. The van der Waals surface area contributed by atoms with E-state index in [2.05, 4.69) is 171 Å². The van der Waals surface area contributed by atoms with Crippen molar-refractivity contribution in [2.75, 3.05) is 0 Å². The number of hydrogen-bond acceptors (Lipinski definition) is 2. The summed E-state index contributed by atoms with van der Waals surface area (Å²) in [5, 5.41) is 12.6. The molecule has 0 unspecified atom stereocenters. The van der Waals surface area contributed by atoms with Gasteiger partial charge >= 0.3 is 0 Å². The number of para-hydroxylation sites is 6. The van der Waals surface area contributed by atoms with Gasteiger partial charge in [0.1, 0.15) is 5.69 Å². The molecule has 252 valence electrons. The molecule has 0 radical (unpaired) electrons. The van der Waals surface area contributed by atoms with Gasteiger partial charge in [0.15, 0.2) is 5.82 Å². The van der Waals surface area contributed by atoms with Gasteiger partial charge < -0.3 is 8.97 Å². The van der Waals surface area contributed by atoms with E-state index in [1.54, 1.807) is 0 Å². The summed E-state index contributed by atoms with van der Waals surface area (Å²) in [7, 11) is 0. The number of fused-ring (bicyclic) bond motifs is 7. The average molecular weight is 698 g/mol. The first-order valence-corrected chi connectivity index (χ1v) is 18.9. The van der Waals surface area contributed by atoms with Crippen molar-refractivity contribution in [3.05, 3.63) is 164 Å². The van der Waals surface area contributed by atoms with E-state index in [1.807, 2.05) is 6.07 Å². The van der Waals surface area contributed by atoms with Crippen molar-refractivity contribution in [2.45, 2.75) is 0 Å². The minimum atomic E-state index is 0.824. The number of aromatic nitrogens is 5. The van der Waals surface area contributed by atoms with Crippen LogP contribution in [0.5, 0.6) is 0 Å². The highest BCUT2D eigenvalue weighted by atomic mass is 15.1. The van der Waals surface area contributed by atoms with E-state index in [0.717, 1.165) is 50.3 Å². The lowest BCUT2D eigenvalue weighted by atomic mass is 10.0. The molecule has 0 saturated carbocycles. The number of nitrogens with zero attached hydrogens (tertiary/aromatic N) is 5. The van der Waals surface area contributed by atoms with E-state index in [4.69, 9.17) is 9.97 Å². The first-order chi connectivity index (χ1) is 27.3. The predicted molar refractivity (Wildman–Crippen MR) is 228 cm³/mol. The van der Waals surface area contributed by atoms with Gasteiger partial charge in [0, 0.05) is 59.7 Å². The number of hydrogen-bond donors (Lipinski definition) is 0. The van der Waals surface area contributed by atoms with Crippen molar-refractivity contribution in [3.63, 3.8) is 0 Å². The van der Waals surface area contributed by atoms with Crippen LogP contribution in [0, 0.1) is 0 Å². The largest absolute Gasteiger partial charge is 0.309 e. The number of rotatable bonds is 3. The fourth-order valence-corrected chi connectivity index (χ4v) is 10.1. The minimum Gasteiger partial charge on any atom is -0.309 e. The minimum absolute atomic E-state index is 0.824. The maximum absolute atomic E-state index is 5.53. The van der Waals surface area contributed by atoms with Gasteiger partial charge in [-0.25, -0.2) is 9.97 Å². The van der Waals surface area contributed by atoms with Crippen LogP contribution in [0.1, 0.15) is 0 Å². The Balaban J connectivity index is 1.16. The second-order valence-corrected chi connectivity index (χ2v) is 14.9. The summed E-state index contributed by atoms with van der Waals surface area (Å²) in [6, 6.07) is 59.4. The van der Waals surface area contributed by atoms with Crippen molar-refractivity contribution in [1.29, 1.82) is 0 Å². The summed E-state index contributed by atoms with van der Waals surface area (Å²) in [6.07, 6.45) is 0. The Morgan fingerprint density at radius 3 is 1.71 bits per heavy atom. The van der Waals surface area contributed by atoms with Gasteiger partial charge in [-0.15, -0.1) is 0 Å². The van der Waals surface area contributed by atoms with Gasteiger partial charge in [-0.2, -0.15) is 0 Å². The molecule has 0 atom stereocenters. The molecule has 0 aliphatic heterocycles. The highest BCUT2D eigenvalue weighted by Crippen LogP contribution is 2.49. The van der Waals surface area contributed by atoms with E-state index < -0.39 is 0 Å². The first-order valence-electron chi connectivity index (χ1n) is 18.9. The molecule has 8 aromatic carbocycles. The molecule has 0 aliphatic carbocycles. The zero-order valence-corrected chi connectivity index (χ0v) is 29.3. The highest BCUT2D eigenvalue weighted by molar-refractivity contribution is 6.37. The lowest BCUT2D eigenvalue weighted by Crippen LogP contribution is -2.04. The van der Waals surface area contributed by atoms with Crippen LogP contribution in [-0.2, 0) is 0 Å². The van der Waals surface area contributed by atoms with Crippen LogP contribution in [0.25, 0.3) is 126 Å². The monoisotopic (exact) mass is 697 g/mol. The zero-order valence-electron chi connectivity index (χ0n) is 29.3. The molecule has 0 saturated heterocycles. The lowest BCUT2D eigenvalue weighted by Gasteiger charge is -2.15. The van der Waals surface area contributed by atoms with Crippen LogP contribution >= 0.6 is 0 Å². The maximum Gasteiger partial charge on any atom is 0.165 e. The quantitative estimate of drug-likeness (QED) is 0.184. The van der Waals surface area contributed by atoms with Crippen molar-refractivity contribution < 1.29 is 0 Å². The smallest absolute Gasteiger partial charge is 0.165 e. The number of benzene rings is 8. The molecule has 6 heterocycles. The third kappa shape index (κ3) is 3.32. The van der Waals surface area contributed by atoms with Gasteiger partial charge in [-0.05, 0) is 53.9 Å². The SMILES string of the molecule is c1ccc(-n2c3ccccc3c3ccc(-c4nc5ccccc5nc4-n4c5cccc6c7cccc8c9cccc%10c%11ccc4c(c65)c%11n(c78)c9%10)cc32)cc1. The van der Waals surface area contributed by atoms with Gasteiger partial charge in [-0.3, -0.25) is 4.57 Å².